The Morgan fingerprint density at radius 1 is 1.50 bits per heavy atom. The quantitative estimate of drug-likeness (QED) is 0.420. The lowest BCUT2D eigenvalue weighted by Gasteiger charge is -1.87. The number of amidine groups is 1. The molecule has 51 valence electrons. The molecule has 0 saturated carbocycles. The van der Waals surface area contributed by atoms with Crippen molar-refractivity contribution in [2.75, 3.05) is 0 Å². The van der Waals surface area contributed by atoms with Crippen molar-refractivity contribution in [3.8, 4) is 0 Å². The lowest BCUT2D eigenvalue weighted by atomic mass is 10.5. The molecule has 0 aromatic carbocycles. The second kappa shape index (κ2) is 1.90. The van der Waals surface area contributed by atoms with E-state index < -0.39 is 23.6 Å². The monoisotopic (exact) mass is 140 g/mol. The standard InChI is InChI=1S/C4H2N3O3/c5-1(8)2-6-3(9)4(10)7-2/h5H,(H,6,7,9,10). The van der Waals surface area contributed by atoms with Crippen molar-refractivity contribution in [3.63, 3.8) is 0 Å². The average molecular weight is 140 g/mol. The van der Waals surface area contributed by atoms with E-state index >= 15 is 0 Å². The van der Waals surface area contributed by atoms with Gasteiger partial charge in [0.15, 0.2) is 0 Å². The molecule has 0 bridgehead atoms. The fraction of sp³-hybridized carbons (Fsp3) is 0. The van der Waals surface area contributed by atoms with Gasteiger partial charge in [0.2, 0.25) is 5.84 Å². The molecule has 0 aromatic rings. The van der Waals surface area contributed by atoms with Gasteiger partial charge in [-0.2, -0.15) is 4.99 Å². The number of carbonyl (C=O) groups is 3. The van der Waals surface area contributed by atoms with E-state index in [0.29, 0.717) is 0 Å². The summed E-state index contributed by atoms with van der Waals surface area (Å²) >= 11 is 0. The van der Waals surface area contributed by atoms with Gasteiger partial charge in [-0.3, -0.25) is 25.4 Å². The molecule has 1 radical (unpaired) electrons. The van der Waals surface area contributed by atoms with Crippen LogP contribution in [0.1, 0.15) is 0 Å². The zero-order valence-electron chi connectivity index (χ0n) is 4.67. The molecule has 1 aliphatic rings. The number of hydrogen-bond acceptors (Lipinski definition) is 3. The highest BCUT2D eigenvalue weighted by Gasteiger charge is 2.26. The smallest absolute Gasteiger partial charge is 0.297 e. The average Bonchev–Trinajstić information content (AvgIpc) is 2.13. The lowest BCUT2D eigenvalue weighted by Crippen LogP contribution is -2.32. The highest BCUT2D eigenvalue weighted by molar-refractivity contribution is 6.54. The molecular formula is C4H2N3O3. The fourth-order valence-corrected chi connectivity index (χ4v) is 0.449. The van der Waals surface area contributed by atoms with Crippen LogP contribution in [0.25, 0.3) is 0 Å². The molecular weight excluding hydrogens is 138 g/mol. The molecule has 0 atom stereocenters. The van der Waals surface area contributed by atoms with Crippen LogP contribution in [0.3, 0.4) is 0 Å². The van der Waals surface area contributed by atoms with E-state index in [1.807, 2.05) is 5.32 Å². The maximum atomic E-state index is 10.3. The number of nitrogens with zero attached hydrogens (tertiary/aromatic N) is 1. The van der Waals surface area contributed by atoms with Crippen molar-refractivity contribution in [2.24, 2.45) is 4.99 Å². The molecule has 2 N–H and O–H groups in total. The van der Waals surface area contributed by atoms with Crippen LogP contribution >= 0.6 is 0 Å². The second-order valence-electron chi connectivity index (χ2n) is 1.55. The van der Waals surface area contributed by atoms with Gasteiger partial charge in [0, 0.05) is 0 Å². The first-order chi connectivity index (χ1) is 4.61. The minimum absolute atomic E-state index is 0.505. The van der Waals surface area contributed by atoms with Gasteiger partial charge >= 0.3 is 17.7 Å². The van der Waals surface area contributed by atoms with Gasteiger partial charge in [-0.25, -0.2) is 0 Å². The van der Waals surface area contributed by atoms with Crippen LogP contribution in [-0.2, 0) is 14.4 Å². The molecule has 0 aromatic heterocycles. The van der Waals surface area contributed by atoms with Crippen molar-refractivity contribution < 1.29 is 14.4 Å². The highest BCUT2D eigenvalue weighted by Crippen LogP contribution is 1.88. The highest BCUT2D eigenvalue weighted by atomic mass is 16.2. The summed E-state index contributed by atoms with van der Waals surface area (Å²) in [7, 11) is 0. The minimum Gasteiger partial charge on any atom is -0.297 e. The maximum absolute atomic E-state index is 10.3. The first-order valence-corrected chi connectivity index (χ1v) is 2.31. The van der Waals surface area contributed by atoms with Crippen molar-refractivity contribution in [3.05, 3.63) is 0 Å². The van der Waals surface area contributed by atoms with Crippen LogP contribution in [0.5, 0.6) is 0 Å². The zero-order chi connectivity index (χ0) is 7.72. The Morgan fingerprint density at radius 3 is 2.30 bits per heavy atom. The van der Waals surface area contributed by atoms with Gasteiger partial charge in [0.1, 0.15) is 0 Å². The van der Waals surface area contributed by atoms with Crippen molar-refractivity contribution in [2.45, 2.75) is 0 Å². The van der Waals surface area contributed by atoms with Crippen LogP contribution < -0.4 is 11.1 Å². The molecule has 1 rings (SSSR count). The Hall–Kier alpha value is -1.72. The summed E-state index contributed by atoms with van der Waals surface area (Å²) in [6, 6.07) is 0. The summed E-state index contributed by atoms with van der Waals surface area (Å²) in [4.78, 5) is 33.6. The van der Waals surface area contributed by atoms with Crippen LogP contribution in [0, 0.1) is 0 Å². The van der Waals surface area contributed by atoms with Gasteiger partial charge in [-0.15, -0.1) is 0 Å². The number of aliphatic imine (C=N–C) groups is 1. The molecule has 6 nitrogen and oxygen atoms in total. The van der Waals surface area contributed by atoms with Gasteiger partial charge in [-0.1, -0.05) is 0 Å². The Bertz CT molecular complexity index is 254. The number of amides is 3. The van der Waals surface area contributed by atoms with Crippen molar-refractivity contribution >= 4 is 23.6 Å². The van der Waals surface area contributed by atoms with Gasteiger partial charge in [0.25, 0.3) is 0 Å². The Morgan fingerprint density at radius 2 is 2.10 bits per heavy atom. The molecule has 1 heterocycles. The lowest BCUT2D eigenvalue weighted by molar-refractivity contribution is -0.135. The number of nitrogens with one attached hydrogen (secondary N) is 2. The Labute approximate surface area is 55.1 Å². The summed E-state index contributed by atoms with van der Waals surface area (Å²) in [6.45, 7) is 0. The Balaban J connectivity index is 2.87. The molecule has 0 unspecified atom stereocenters. The topological polar surface area (TPSA) is 99.4 Å². The number of rotatable bonds is 1. The number of carbonyl (C=O) groups excluding carboxylic acids is 3. The molecule has 0 spiro atoms. The molecule has 0 fully saturated rings. The van der Waals surface area contributed by atoms with Crippen LogP contribution in [0.15, 0.2) is 4.99 Å². The van der Waals surface area contributed by atoms with Crippen LogP contribution in [-0.4, -0.2) is 23.6 Å². The molecule has 0 saturated heterocycles. The number of hydrogen-bond donors (Lipinski definition) is 1. The van der Waals surface area contributed by atoms with E-state index in [9.17, 15) is 14.4 Å². The van der Waals surface area contributed by atoms with E-state index in [2.05, 4.69) is 4.99 Å². The fourth-order valence-electron chi connectivity index (χ4n) is 0.449. The van der Waals surface area contributed by atoms with E-state index in [1.165, 1.54) is 0 Å². The van der Waals surface area contributed by atoms with Crippen molar-refractivity contribution in [1.82, 2.24) is 11.1 Å². The molecule has 0 aliphatic carbocycles. The largest absolute Gasteiger partial charge is 0.337 e. The third-order valence-electron chi connectivity index (χ3n) is 0.855. The summed E-state index contributed by atoms with van der Waals surface area (Å²) in [5.41, 5.74) is 6.42. The SMILES string of the molecule is [NH]C(=O)C1=NC(=O)C(=O)N1. The van der Waals surface area contributed by atoms with E-state index in [0.717, 1.165) is 0 Å². The maximum Gasteiger partial charge on any atom is 0.337 e. The third-order valence-corrected chi connectivity index (χ3v) is 0.855. The van der Waals surface area contributed by atoms with E-state index in [-0.39, 0.29) is 0 Å². The van der Waals surface area contributed by atoms with Gasteiger partial charge in [-0.05, 0) is 0 Å². The molecule has 6 heteroatoms. The van der Waals surface area contributed by atoms with Crippen LogP contribution in [0.4, 0.5) is 0 Å². The predicted octanol–water partition coefficient (Wildman–Crippen LogP) is -2.15. The Kier molecular flexibility index (Phi) is 1.22. The predicted molar refractivity (Wildman–Crippen MR) is 28.7 cm³/mol. The second-order valence-corrected chi connectivity index (χ2v) is 1.55. The summed E-state index contributed by atoms with van der Waals surface area (Å²) < 4.78 is 0. The third kappa shape index (κ3) is 0.859. The van der Waals surface area contributed by atoms with Crippen molar-refractivity contribution in [1.29, 1.82) is 0 Å². The summed E-state index contributed by atoms with van der Waals surface area (Å²) in [5.74, 6) is -3.67. The summed E-state index contributed by atoms with van der Waals surface area (Å²) in [5, 5.41) is 1.83. The normalized spacial score (nSPS) is 16.6. The first kappa shape index (κ1) is 6.40. The molecule has 10 heavy (non-hydrogen) atoms. The minimum atomic E-state index is -1.17. The molecule has 1 aliphatic heterocycles. The van der Waals surface area contributed by atoms with E-state index in [1.54, 1.807) is 0 Å². The first-order valence-electron chi connectivity index (χ1n) is 2.31. The van der Waals surface area contributed by atoms with E-state index in [4.69, 9.17) is 5.73 Å². The van der Waals surface area contributed by atoms with Gasteiger partial charge in [0.05, 0.1) is 0 Å². The summed E-state index contributed by atoms with van der Waals surface area (Å²) in [6.07, 6.45) is 0. The van der Waals surface area contributed by atoms with Gasteiger partial charge < -0.3 is 0 Å². The zero-order valence-corrected chi connectivity index (χ0v) is 4.67. The van der Waals surface area contributed by atoms with Crippen LogP contribution in [0.2, 0.25) is 0 Å². The molecule has 3 amide bonds.